The summed E-state index contributed by atoms with van der Waals surface area (Å²) in [5, 5.41) is 0. The maximum atomic E-state index is 12.3. The minimum atomic E-state index is -0.161. The molecule has 1 fully saturated rings. The van der Waals surface area contributed by atoms with E-state index in [1.54, 1.807) is 11.8 Å². The molecule has 2 rings (SSSR count). The van der Waals surface area contributed by atoms with Gasteiger partial charge in [0, 0.05) is 36.6 Å². The first-order chi connectivity index (χ1) is 11.6. The van der Waals surface area contributed by atoms with Crippen LogP contribution in [0.15, 0.2) is 35.2 Å². The van der Waals surface area contributed by atoms with Crippen LogP contribution in [0.25, 0.3) is 0 Å². The number of carbonyl (C=O) groups excluding carboxylic acids is 2. The van der Waals surface area contributed by atoms with Gasteiger partial charge in [-0.25, -0.2) is 0 Å². The Bertz CT molecular complexity index is 549. The summed E-state index contributed by atoms with van der Waals surface area (Å²) < 4.78 is 4.77. The predicted octanol–water partition coefficient (Wildman–Crippen LogP) is 3.75. The molecule has 1 aromatic carbocycles. The van der Waals surface area contributed by atoms with Crippen molar-refractivity contribution in [2.75, 3.05) is 26.0 Å². The first-order valence-corrected chi connectivity index (χ1v) is 9.59. The lowest BCUT2D eigenvalue weighted by molar-refractivity contribution is -0.142. The quantitative estimate of drug-likeness (QED) is 0.530. The standard InChI is InChI=1S/C19H27NO3S/c1-3-19(12-10-18(22)23-2)11-9-17(21)20(15-19)13-14-24-16-7-5-4-6-8-16/h4-8H,3,9-15H2,1-2H3. The lowest BCUT2D eigenvalue weighted by atomic mass is 9.74. The Balaban J connectivity index is 1.88. The molecule has 1 aliphatic rings. The number of esters is 1. The van der Waals surface area contributed by atoms with E-state index < -0.39 is 0 Å². The minimum Gasteiger partial charge on any atom is -0.469 e. The van der Waals surface area contributed by atoms with Gasteiger partial charge in [-0.2, -0.15) is 0 Å². The fourth-order valence-corrected chi connectivity index (χ4v) is 4.13. The zero-order valence-electron chi connectivity index (χ0n) is 14.6. The molecule has 132 valence electrons. The molecule has 1 aromatic rings. The van der Waals surface area contributed by atoms with Crippen molar-refractivity contribution in [3.05, 3.63) is 30.3 Å². The highest BCUT2D eigenvalue weighted by molar-refractivity contribution is 7.99. The first-order valence-electron chi connectivity index (χ1n) is 8.61. The third kappa shape index (κ3) is 5.26. The van der Waals surface area contributed by atoms with Crippen LogP contribution in [0.2, 0.25) is 0 Å². The van der Waals surface area contributed by atoms with E-state index in [1.807, 2.05) is 23.1 Å². The van der Waals surface area contributed by atoms with Gasteiger partial charge in [-0.15, -0.1) is 11.8 Å². The molecule has 4 nitrogen and oxygen atoms in total. The Morgan fingerprint density at radius 3 is 2.75 bits per heavy atom. The molecule has 1 heterocycles. The Kier molecular flexibility index (Phi) is 7.16. The number of benzene rings is 1. The van der Waals surface area contributed by atoms with Gasteiger partial charge < -0.3 is 9.64 Å². The van der Waals surface area contributed by atoms with Gasteiger partial charge in [0.2, 0.25) is 5.91 Å². The fraction of sp³-hybridized carbons (Fsp3) is 0.579. The third-order valence-electron chi connectivity index (χ3n) is 4.96. The molecule has 1 amide bonds. The average molecular weight is 349 g/mol. The summed E-state index contributed by atoms with van der Waals surface area (Å²) in [4.78, 5) is 27.0. The number of rotatable bonds is 8. The molecule has 5 heteroatoms. The van der Waals surface area contributed by atoms with Crippen molar-refractivity contribution in [2.24, 2.45) is 5.41 Å². The van der Waals surface area contributed by atoms with Gasteiger partial charge in [-0.1, -0.05) is 25.1 Å². The maximum absolute atomic E-state index is 12.3. The second-order valence-corrected chi connectivity index (χ2v) is 7.57. The number of ether oxygens (including phenoxy) is 1. The number of amides is 1. The SMILES string of the molecule is CCC1(CCC(=O)OC)CCC(=O)N(CCSc2ccccc2)C1. The van der Waals surface area contributed by atoms with Gasteiger partial charge in [0.05, 0.1) is 7.11 Å². The summed E-state index contributed by atoms with van der Waals surface area (Å²) in [5.74, 6) is 0.976. The molecule has 24 heavy (non-hydrogen) atoms. The zero-order chi connectivity index (χ0) is 17.4. The van der Waals surface area contributed by atoms with Crippen LogP contribution in [0.5, 0.6) is 0 Å². The Morgan fingerprint density at radius 1 is 1.33 bits per heavy atom. The van der Waals surface area contributed by atoms with E-state index in [1.165, 1.54) is 12.0 Å². The number of likely N-dealkylation sites (tertiary alicyclic amines) is 1. The van der Waals surface area contributed by atoms with Crippen LogP contribution in [0.3, 0.4) is 0 Å². The molecule has 1 unspecified atom stereocenters. The molecule has 0 bridgehead atoms. The highest BCUT2D eigenvalue weighted by Gasteiger charge is 2.37. The van der Waals surface area contributed by atoms with E-state index in [4.69, 9.17) is 4.74 Å². The second kappa shape index (κ2) is 9.11. The number of nitrogens with zero attached hydrogens (tertiary/aromatic N) is 1. The van der Waals surface area contributed by atoms with Gasteiger partial charge in [0.1, 0.15) is 0 Å². The summed E-state index contributed by atoms with van der Waals surface area (Å²) in [6.45, 7) is 3.68. The monoisotopic (exact) mass is 349 g/mol. The van der Waals surface area contributed by atoms with Crippen LogP contribution in [0.1, 0.15) is 39.0 Å². The fourth-order valence-electron chi connectivity index (χ4n) is 3.24. The summed E-state index contributed by atoms with van der Waals surface area (Å²) in [6, 6.07) is 10.3. The number of hydrogen-bond acceptors (Lipinski definition) is 4. The molecule has 0 N–H and O–H groups in total. The molecule has 1 atom stereocenters. The highest BCUT2D eigenvalue weighted by atomic mass is 32.2. The minimum absolute atomic E-state index is 0.0551. The number of methoxy groups -OCH3 is 1. The van der Waals surface area contributed by atoms with Gasteiger partial charge in [-0.05, 0) is 36.8 Å². The molecule has 0 radical (unpaired) electrons. The van der Waals surface area contributed by atoms with Crippen LogP contribution in [0, 0.1) is 5.41 Å². The molecule has 1 aliphatic heterocycles. The largest absolute Gasteiger partial charge is 0.469 e. The first kappa shape index (κ1) is 18.8. The van der Waals surface area contributed by atoms with Crippen LogP contribution in [-0.4, -0.2) is 42.7 Å². The van der Waals surface area contributed by atoms with Crippen molar-refractivity contribution >= 4 is 23.6 Å². The van der Waals surface area contributed by atoms with Crippen LogP contribution in [-0.2, 0) is 14.3 Å². The van der Waals surface area contributed by atoms with E-state index in [2.05, 4.69) is 19.1 Å². The summed E-state index contributed by atoms with van der Waals surface area (Å²) in [5.41, 5.74) is 0.0551. The van der Waals surface area contributed by atoms with E-state index in [0.29, 0.717) is 12.8 Å². The lowest BCUT2D eigenvalue weighted by Crippen LogP contribution is -2.47. The van der Waals surface area contributed by atoms with E-state index in [-0.39, 0.29) is 17.3 Å². The summed E-state index contributed by atoms with van der Waals surface area (Å²) in [6.07, 6.45) is 3.68. The molecule has 0 spiro atoms. The molecular formula is C19H27NO3S. The van der Waals surface area contributed by atoms with Crippen molar-refractivity contribution in [3.63, 3.8) is 0 Å². The summed E-state index contributed by atoms with van der Waals surface area (Å²) >= 11 is 1.78. The van der Waals surface area contributed by atoms with Gasteiger partial charge in [-0.3, -0.25) is 9.59 Å². The van der Waals surface area contributed by atoms with E-state index in [9.17, 15) is 9.59 Å². The van der Waals surface area contributed by atoms with Crippen molar-refractivity contribution in [1.82, 2.24) is 4.90 Å². The maximum Gasteiger partial charge on any atom is 0.305 e. The van der Waals surface area contributed by atoms with Crippen molar-refractivity contribution in [1.29, 1.82) is 0 Å². The second-order valence-electron chi connectivity index (χ2n) is 6.41. The Hall–Kier alpha value is -1.49. The van der Waals surface area contributed by atoms with Gasteiger partial charge in [0.15, 0.2) is 0 Å². The van der Waals surface area contributed by atoms with Crippen molar-refractivity contribution in [2.45, 2.75) is 43.9 Å². The lowest BCUT2D eigenvalue weighted by Gasteiger charge is -2.42. The number of carbonyl (C=O) groups is 2. The smallest absolute Gasteiger partial charge is 0.305 e. The normalized spacial score (nSPS) is 20.9. The number of thioether (sulfide) groups is 1. The molecule has 0 aromatic heterocycles. The topological polar surface area (TPSA) is 46.6 Å². The van der Waals surface area contributed by atoms with Crippen LogP contribution < -0.4 is 0 Å². The van der Waals surface area contributed by atoms with Crippen molar-refractivity contribution in [3.8, 4) is 0 Å². The number of hydrogen-bond donors (Lipinski definition) is 0. The third-order valence-corrected chi connectivity index (χ3v) is 5.95. The average Bonchev–Trinajstić information content (AvgIpc) is 2.63. The Labute approximate surface area is 148 Å². The summed E-state index contributed by atoms with van der Waals surface area (Å²) in [7, 11) is 1.43. The molecule has 0 aliphatic carbocycles. The molecule has 1 saturated heterocycles. The Morgan fingerprint density at radius 2 is 2.08 bits per heavy atom. The molecular weight excluding hydrogens is 322 g/mol. The van der Waals surface area contributed by atoms with Crippen molar-refractivity contribution < 1.29 is 14.3 Å². The van der Waals surface area contributed by atoms with Crippen LogP contribution in [0.4, 0.5) is 0 Å². The number of piperidine rings is 1. The van der Waals surface area contributed by atoms with Gasteiger partial charge >= 0.3 is 5.97 Å². The van der Waals surface area contributed by atoms with Gasteiger partial charge in [0.25, 0.3) is 0 Å². The highest BCUT2D eigenvalue weighted by Crippen LogP contribution is 2.38. The van der Waals surface area contributed by atoms with E-state index in [0.717, 1.165) is 38.1 Å². The van der Waals surface area contributed by atoms with Crippen LogP contribution >= 0.6 is 11.8 Å². The predicted molar refractivity (Wildman–Crippen MR) is 97.0 cm³/mol. The van der Waals surface area contributed by atoms with E-state index >= 15 is 0 Å². The zero-order valence-corrected chi connectivity index (χ0v) is 15.4. The molecule has 0 saturated carbocycles.